The molecule has 19 heavy (non-hydrogen) atoms. The summed E-state index contributed by atoms with van der Waals surface area (Å²) in [6, 6.07) is -0.815. The fraction of sp³-hybridized carbons (Fsp3) is 0.857. The van der Waals surface area contributed by atoms with Gasteiger partial charge in [-0.2, -0.15) is 0 Å². The molecular weight excluding hydrogens is 244 g/mol. The van der Waals surface area contributed by atoms with Gasteiger partial charge in [-0.15, -0.1) is 0 Å². The normalized spacial score (nSPS) is 14.0. The number of ether oxygens (including phenoxy) is 1. The zero-order valence-corrected chi connectivity index (χ0v) is 12.8. The highest BCUT2D eigenvalue weighted by molar-refractivity contribution is 5.83. The van der Waals surface area contributed by atoms with Crippen molar-refractivity contribution >= 4 is 11.9 Å². The van der Waals surface area contributed by atoms with Gasteiger partial charge in [-0.05, 0) is 26.2 Å². The zero-order chi connectivity index (χ0) is 14.8. The standard InChI is InChI=1S/C14H28N2O3/c1-6-8-12(14(18)19-7-2)16-11(5)13(17)15-9-10(3)4/h10-12,16H,6-9H2,1-5H3,(H,15,17). The minimum absolute atomic E-state index is 0.0842. The highest BCUT2D eigenvalue weighted by Crippen LogP contribution is 2.02. The summed E-state index contributed by atoms with van der Waals surface area (Å²) < 4.78 is 5.00. The van der Waals surface area contributed by atoms with E-state index in [0.717, 1.165) is 6.42 Å². The topological polar surface area (TPSA) is 67.4 Å². The SMILES string of the molecule is CCCC(NC(C)C(=O)NCC(C)C)C(=O)OCC. The first-order chi connectivity index (χ1) is 8.92. The van der Waals surface area contributed by atoms with Gasteiger partial charge in [-0.3, -0.25) is 14.9 Å². The van der Waals surface area contributed by atoms with Crippen LogP contribution in [0.1, 0.15) is 47.5 Å². The largest absolute Gasteiger partial charge is 0.465 e. The molecule has 0 aliphatic rings. The molecule has 2 unspecified atom stereocenters. The van der Waals surface area contributed by atoms with Gasteiger partial charge in [0.25, 0.3) is 0 Å². The molecule has 2 atom stereocenters. The van der Waals surface area contributed by atoms with Crippen LogP contribution < -0.4 is 10.6 Å². The van der Waals surface area contributed by atoms with E-state index in [2.05, 4.69) is 10.6 Å². The van der Waals surface area contributed by atoms with Crippen molar-refractivity contribution in [1.29, 1.82) is 0 Å². The quantitative estimate of drug-likeness (QED) is 0.624. The summed E-state index contributed by atoms with van der Waals surface area (Å²) in [6.45, 7) is 10.6. The van der Waals surface area contributed by atoms with E-state index in [-0.39, 0.29) is 11.9 Å². The second kappa shape index (κ2) is 9.78. The molecule has 0 aromatic rings. The fourth-order valence-corrected chi connectivity index (χ4v) is 1.64. The molecule has 0 aromatic carbocycles. The van der Waals surface area contributed by atoms with Crippen molar-refractivity contribution in [1.82, 2.24) is 10.6 Å². The van der Waals surface area contributed by atoms with Crippen molar-refractivity contribution in [2.24, 2.45) is 5.92 Å². The Morgan fingerprint density at radius 2 is 1.79 bits per heavy atom. The molecule has 0 aromatic heterocycles. The van der Waals surface area contributed by atoms with Crippen LogP contribution in [0.15, 0.2) is 0 Å². The molecule has 5 nitrogen and oxygen atoms in total. The first kappa shape index (κ1) is 17.9. The Labute approximate surface area is 116 Å². The Kier molecular flexibility index (Phi) is 9.21. The Bertz CT molecular complexity index is 280. The molecule has 0 bridgehead atoms. The van der Waals surface area contributed by atoms with Crippen LogP contribution in [0.5, 0.6) is 0 Å². The summed E-state index contributed by atoms with van der Waals surface area (Å²) in [5.41, 5.74) is 0. The van der Waals surface area contributed by atoms with E-state index < -0.39 is 12.1 Å². The van der Waals surface area contributed by atoms with Gasteiger partial charge in [0.05, 0.1) is 12.6 Å². The van der Waals surface area contributed by atoms with Crippen LogP contribution >= 0.6 is 0 Å². The molecule has 0 spiro atoms. The third-order valence-electron chi connectivity index (χ3n) is 2.68. The van der Waals surface area contributed by atoms with Gasteiger partial charge in [0, 0.05) is 6.54 Å². The van der Waals surface area contributed by atoms with Crippen LogP contribution in [0.4, 0.5) is 0 Å². The fourth-order valence-electron chi connectivity index (χ4n) is 1.64. The number of carbonyl (C=O) groups excluding carboxylic acids is 2. The molecule has 0 aliphatic carbocycles. The van der Waals surface area contributed by atoms with Crippen molar-refractivity contribution in [3.8, 4) is 0 Å². The lowest BCUT2D eigenvalue weighted by Crippen LogP contribution is -2.50. The maximum absolute atomic E-state index is 11.8. The molecule has 0 saturated heterocycles. The Morgan fingerprint density at radius 3 is 2.26 bits per heavy atom. The van der Waals surface area contributed by atoms with Crippen molar-refractivity contribution in [3.05, 3.63) is 0 Å². The maximum Gasteiger partial charge on any atom is 0.323 e. The van der Waals surface area contributed by atoms with Crippen molar-refractivity contribution in [2.45, 2.75) is 59.5 Å². The predicted octanol–water partition coefficient (Wildman–Crippen LogP) is 1.47. The lowest BCUT2D eigenvalue weighted by atomic mass is 10.1. The molecule has 5 heteroatoms. The van der Waals surface area contributed by atoms with E-state index >= 15 is 0 Å². The molecule has 0 heterocycles. The molecule has 0 saturated carbocycles. The van der Waals surface area contributed by atoms with Crippen molar-refractivity contribution in [3.63, 3.8) is 0 Å². The van der Waals surface area contributed by atoms with Gasteiger partial charge >= 0.3 is 5.97 Å². The Hall–Kier alpha value is -1.10. The highest BCUT2D eigenvalue weighted by Gasteiger charge is 2.23. The second-order valence-electron chi connectivity index (χ2n) is 5.12. The van der Waals surface area contributed by atoms with Gasteiger partial charge in [0.15, 0.2) is 0 Å². The van der Waals surface area contributed by atoms with Crippen LogP contribution in [-0.4, -0.2) is 37.1 Å². The molecular formula is C14H28N2O3. The lowest BCUT2D eigenvalue weighted by molar-refractivity contribution is -0.146. The summed E-state index contributed by atoms with van der Waals surface area (Å²) in [5, 5.41) is 5.89. The average Bonchev–Trinajstić information content (AvgIpc) is 2.35. The number of carbonyl (C=O) groups is 2. The molecule has 112 valence electrons. The summed E-state index contributed by atoms with van der Waals surface area (Å²) in [6.07, 6.45) is 1.53. The number of nitrogens with one attached hydrogen (secondary N) is 2. The monoisotopic (exact) mass is 272 g/mol. The zero-order valence-electron chi connectivity index (χ0n) is 12.8. The predicted molar refractivity (Wildman–Crippen MR) is 75.8 cm³/mol. The Morgan fingerprint density at radius 1 is 1.16 bits per heavy atom. The van der Waals surface area contributed by atoms with Crippen LogP contribution in [0, 0.1) is 5.92 Å². The van der Waals surface area contributed by atoms with E-state index in [9.17, 15) is 9.59 Å². The number of amides is 1. The average molecular weight is 272 g/mol. The maximum atomic E-state index is 11.8. The van der Waals surface area contributed by atoms with Gasteiger partial charge in [-0.25, -0.2) is 0 Å². The summed E-state index contributed by atoms with van der Waals surface area (Å²) in [5.74, 6) is 0.0413. The third kappa shape index (κ3) is 7.82. The summed E-state index contributed by atoms with van der Waals surface area (Å²) in [4.78, 5) is 23.6. The Balaban J connectivity index is 4.32. The van der Waals surface area contributed by atoms with Gasteiger partial charge in [0.2, 0.25) is 5.91 Å². The molecule has 0 rings (SSSR count). The van der Waals surface area contributed by atoms with Crippen LogP contribution in [0.2, 0.25) is 0 Å². The van der Waals surface area contributed by atoms with E-state index in [1.165, 1.54) is 0 Å². The first-order valence-electron chi connectivity index (χ1n) is 7.12. The summed E-state index contributed by atoms with van der Waals surface area (Å²) in [7, 11) is 0. The van der Waals surface area contributed by atoms with Crippen LogP contribution in [-0.2, 0) is 14.3 Å². The first-order valence-corrected chi connectivity index (χ1v) is 7.12. The van der Waals surface area contributed by atoms with Gasteiger partial charge in [-0.1, -0.05) is 27.2 Å². The third-order valence-corrected chi connectivity index (χ3v) is 2.68. The minimum atomic E-state index is -0.412. The van der Waals surface area contributed by atoms with Crippen LogP contribution in [0.3, 0.4) is 0 Å². The lowest BCUT2D eigenvalue weighted by Gasteiger charge is -2.21. The molecule has 0 aliphatic heterocycles. The molecule has 2 N–H and O–H groups in total. The van der Waals surface area contributed by atoms with Crippen molar-refractivity contribution < 1.29 is 14.3 Å². The van der Waals surface area contributed by atoms with Gasteiger partial charge < -0.3 is 10.1 Å². The number of hydrogen-bond donors (Lipinski definition) is 2. The van der Waals surface area contributed by atoms with E-state index in [4.69, 9.17) is 4.74 Å². The minimum Gasteiger partial charge on any atom is -0.465 e. The van der Waals surface area contributed by atoms with Crippen LogP contribution in [0.25, 0.3) is 0 Å². The highest BCUT2D eigenvalue weighted by atomic mass is 16.5. The van der Waals surface area contributed by atoms with Crippen molar-refractivity contribution in [2.75, 3.05) is 13.2 Å². The molecule has 0 radical (unpaired) electrons. The van der Waals surface area contributed by atoms with E-state index in [0.29, 0.717) is 25.5 Å². The number of hydrogen-bond acceptors (Lipinski definition) is 4. The summed E-state index contributed by atoms with van der Waals surface area (Å²) >= 11 is 0. The smallest absolute Gasteiger partial charge is 0.323 e. The van der Waals surface area contributed by atoms with E-state index in [1.54, 1.807) is 13.8 Å². The molecule has 1 amide bonds. The molecule has 0 fully saturated rings. The second-order valence-corrected chi connectivity index (χ2v) is 5.12. The van der Waals surface area contributed by atoms with E-state index in [1.807, 2.05) is 20.8 Å². The van der Waals surface area contributed by atoms with Gasteiger partial charge in [0.1, 0.15) is 6.04 Å². The number of esters is 1. The number of rotatable bonds is 9.